The van der Waals surface area contributed by atoms with E-state index in [2.05, 4.69) is 43.3 Å². The average molecular weight is 281 g/mol. The lowest BCUT2D eigenvalue weighted by molar-refractivity contribution is 1.17. The summed E-state index contributed by atoms with van der Waals surface area (Å²) in [4.78, 5) is 0. The second-order valence-electron chi connectivity index (χ2n) is 4.99. The zero-order chi connectivity index (χ0) is 14.3. The molecule has 0 aliphatic carbocycles. The average Bonchev–Trinajstić information content (AvgIpc) is 2.84. The Morgan fingerprint density at radius 3 is 2.40 bits per heavy atom. The molecule has 20 heavy (non-hydrogen) atoms. The van der Waals surface area contributed by atoms with Crippen LogP contribution in [0.1, 0.15) is 16.7 Å². The summed E-state index contributed by atoms with van der Waals surface area (Å²) in [6, 6.07) is 14.6. The van der Waals surface area contributed by atoms with Crippen molar-refractivity contribution in [1.29, 1.82) is 5.26 Å². The number of nitriles is 1. The summed E-state index contributed by atoms with van der Waals surface area (Å²) < 4.78 is 1.86. The number of halogens is 1. The third kappa shape index (κ3) is 1.97. The van der Waals surface area contributed by atoms with Crippen LogP contribution < -0.4 is 0 Å². The van der Waals surface area contributed by atoms with Crippen LogP contribution in [-0.4, -0.2) is 4.40 Å². The number of aryl methyl sites for hydroxylation is 2. The van der Waals surface area contributed by atoms with E-state index in [1.165, 1.54) is 5.56 Å². The quantitative estimate of drug-likeness (QED) is 0.591. The van der Waals surface area contributed by atoms with Crippen LogP contribution >= 0.6 is 11.6 Å². The van der Waals surface area contributed by atoms with Gasteiger partial charge >= 0.3 is 0 Å². The highest BCUT2D eigenvalue weighted by molar-refractivity contribution is 6.31. The second-order valence-corrected chi connectivity index (χ2v) is 5.35. The normalized spacial score (nSPS) is 10.7. The largest absolute Gasteiger partial charge is 0.306 e. The molecule has 0 radical (unpaired) electrons. The third-order valence-electron chi connectivity index (χ3n) is 3.52. The number of fused-ring (bicyclic) bond motifs is 1. The van der Waals surface area contributed by atoms with Gasteiger partial charge in [0.05, 0.1) is 5.56 Å². The lowest BCUT2D eigenvalue weighted by Gasteiger charge is -2.03. The summed E-state index contributed by atoms with van der Waals surface area (Å²) in [5, 5.41) is 9.64. The van der Waals surface area contributed by atoms with Gasteiger partial charge in [-0.1, -0.05) is 41.4 Å². The summed E-state index contributed by atoms with van der Waals surface area (Å²) in [7, 11) is 0. The lowest BCUT2D eigenvalue weighted by atomic mass is 10.1. The van der Waals surface area contributed by atoms with Crippen LogP contribution in [0.15, 0.2) is 42.6 Å². The molecule has 98 valence electrons. The highest BCUT2D eigenvalue weighted by Crippen LogP contribution is 2.28. The van der Waals surface area contributed by atoms with Gasteiger partial charge in [-0.15, -0.1) is 0 Å². The van der Waals surface area contributed by atoms with E-state index in [0.717, 1.165) is 22.2 Å². The van der Waals surface area contributed by atoms with E-state index in [1.54, 1.807) is 0 Å². The molecule has 0 aliphatic heterocycles. The molecule has 0 aliphatic rings. The summed E-state index contributed by atoms with van der Waals surface area (Å²) in [5.41, 5.74) is 5.91. The predicted molar refractivity (Wildman–Crippen MR) is 82.0 cm³/mol. The molecule has 2 aromatic heterocycles. The van der Waals surface area contributed by atoms with Crippen LogP contribution in [0, 0.1) is 25.2 Å². The van der Waals surface area contributed by atoms with Crippen LogP contribution in [0.2, 0.25) is 5.15 Å². The van der Waals surface area contributed by atoms with Crippen LogP contribution in [0.4, 0.5) is 0 Å². The van der Waals surface area contributed by atoms with Crippen molar-refractivity contribution < 1.29 is 0 Å². The lowest BCUT2D eigenvalue weighted by Crippen LogP contribution is -1.92. The van der Waals surface area contributed by atoms with Gasteiger partial charge in [-0.25, -0.2) is 0 Å². The van der Waals surface area contributed by atoms with Gasteiger partial charge in [0.15, 0.2) is 0 Å². The van der Waals surface area contributed by atoms with Gasteiger partial charge in [0.2, 0.25) is 0 Å². The zero-order valence-corrected chi connectivity index (χ0v) is 12.1. The Morgan fingerprint density at radius 1 is 1.05 bits per heavy atom. The van der Waals surface area contributed by atoms with Crippen molar-refractivity contribution in [2.45, 2.75) is 13.8 Å². The first-order valence-corrected chi connectivity index (χ1v) is 6.76. The molecule has 3 aromatic rings. The molecule has 1 aromatic carbocycles. The topological polar surface area (TPSA) is 28.2 Å². The van der Waals surface area contributed by atoms with Crippen molar-refractivity contribution in [3.05, 3.63) is 64.4 Å². The molecule has 2 heterocycles. The number of hydrogen-bond donors (Lipinski definition) is 0. The Morgan fingerprint density at radius 2 is 1.75 bits per heavy atom. The molecular weight excluding hydrogens is 268 g/mol. The van der Waals surface area contributed by atoms with Gasteiger partial charge in [0, 0.05) is 17.3 Å². The summed E-state index contributed by atoms with van der Waals surface area (Å²) in [5.74, 6) is 0. The molecule has 2 nitrogen and oxygen atoms in total. The van der Waals surface area contributed by atoms with E-state index >= 15 is 0 Å². The number of pyridine rings is 1. The first kappa shape index (κ1) is 12.8. The van der Waals surface area contributed by atoms with E-state index in [4.69, 9.17) is 16.9 Å². The van der Waals surface area contributed by atoms with Gasteiger partial charge in [-0.2, -0.15) is 5.26 Å². The predicted octanol–water partition coefficient (Wildman–Crippen LogP) is 4.75. The van der Waals surface area contributed by atoms with E-state index < -0.39 is 0 Å². The number of hydrogen-bond acceptors (Lipinski definition) is 1. The monoisotopic (exact) mass is 280 g/mol. The maximum atomic E-state index is 9.17. The molecule has 0 atom stereocenters. The molecule has 0 saturated heterocycles. The van der Waals surface area contributed by atoms with Gasteiger partial charge in [-0.3, -0.25) is 0 Å². The first-order valence-electron chi connectivity index (χ1n) is 6.38. The molecule has 3 rings (SSSR count). The van der Waals surface area contributed by atoms with E-state index in [1.807, 2.05) is 23.6 Å². The highest BCUT2D eigenvalue weighted by Gasteiger charge is 2.11. The van der Waals surface area contributed by atoms with Crippen molar-refractivity contribution in [2.24, 2.45) is 0 Å². The fraction of sp³-hybridized carbons (Fsp3) is 0.118. The van der Waals surface area contributed by atoms with E-state index in [-0.39, 0.29) is 0 Å². The fourth-order valence-corrected chi connectivity index (χ4v) is 2.71. The summed E-state index contributed by atoms with van der Waals surface area (Å²) in [6.45, 7) is 3.97. The van der Waals surface area contributed by atoms with Crippen molar-refractivity contribution >= 4 is 17.1 Å². The smallest absolute Gasteiger partial charge is 0.131 e. The van der Waals surface area contributed by atoms with Crippen molar-refractivity contribution in [2.75, 3.05) is 0 Å². The molecule has 0 spiro atoms. The zero-order valence-electron chi connectivity index (χ0n) is 11.3. The Balaban J connectivity index is 2.23. The fourth-order valence-electron chi connectivity index (χ4n) is 2.38. The van der Waals surface area contributed by atoms with Crippen LogP contribution in [0.25, 0.3) is 16.6 Å². The number of benzene rings is 1. The molecule has 0 amide bonds. The van der Waals surface area contributed by atoms with E-state index in [0.29, 0.717) is 10.7 Å². The minimum atomic E-state index is 0.473. The molecule has 0 N–H and O–H groups in total. The minimum absolute atomic E-state index is 0.473. The molecule has 0 saturated carbocycles. The van der Waals surface area contributed by atoms with Crippen molar-refractivity contribution in [1.82, 2.24) is 4.40 Å². The van der Waals surface area contributed by atoms with Crippen LogP contribution in [0.5, 0.6) is 0 Å². The standard InChI is InChI=1S/C17H13ClN2/c1-11-3-5-13(6-4-11)14-8-15-7-12(2)16(9-19)17(18)20(15)10-14/h3-8,10H,1-2H3. The van der Waals surface area contributed by atoms with E-state index in [9.17, 15) is 0 Å². The Labute approximate surface area is 122 Å². The molecule has 0 bridgehead atoms. The van der Waals surface area contributed by atoms with Crippen LogP contribution in [0.3, 0.4) is 0 Å². The minimum Gasteiger partial charge on any atom is -0.306 e. The van der Waals surface area contributed by atoms with Gasteiger partial charge in [0.1, 0.15) is 11.2 Å². The Kier molecular flexibility index (Phi) is 3.00. The molecule has 0 unspecified atom stereocenters. The Bertz CT molecular complexity index is 836. The third-order valence-corrected chi connectivity index (χ3v) is 3.89. The molecular formula is C17H13ClN2. The van der Waals surface area contributed by atoms with Crippen molar-refractivity contribution in [3.8, 4) is 17.2 Å². The second kappa shape index (κ2) is 4.70. The van der Waals surface area contributed by atoms with Crippen molar-refractivity contribution in [3.63, 3.8) is 0 Å². The SMILES string of the molecule is Cc1ccc(-c2cc3cc(C)c(C#N)c(Cl)n3c2)cc1. The number of nitrogens with zero attached hydrogens (tertiary/aromatic N) is 2. The van der Waals surface area contributed by atoms with Crippen LogP contribution in [-0.2, 0) is 0 Å². The first-order chi connectivity index (χ1) is 9.60. The summed E-state index contributed by atoms with van der Waals surface area (Å²) >= 11 is 6.31. The molecule has 3 heteroatoms. The Hall–Kier alpha value is -2.24. The van der Waals surface area contributed by atoms with Gasteiger partial charge < -0.3 is 4.40 Å². The number of rotatable bonds is 1. The highest BCUT2D eigenvalue weighted by atomic mass is 35.5. The number of aromatic nitrogens is 1. The maximum absolute atomic E-state index is 9.17. The van der Waals surface area contributed by atoms with Gasteiger partial charge in [0.25, 0.3) is 0 Å². The van der Waals surface area contributed by atoms with Gasteiger partial charge in [-0.05, 0) is 37.1 Å². The maximum Gasteiger partial charge on any atom is 0.131 e. The summed E-state index contributed by atoms with van der Waals surface area (Å²) in [6.07, 6.45) is 1.97. The molecule has 0 fully saturated rings.